The van der Waals surface area contributed by atoms with Gasteiger partial charge in [-0.25, -0.2) is 4.98 Å². The summed E-state index contributed by atoms with van der Waals surface area (Å²) in [5.41, 5.74) is 5.62. The zero-order valence-corrected chi connectivity index (χ0v) is 15.6. The normalized spacial score (nSPS) is 12.2. The fourth-order valence-electron chi connectivity index (χ4n) is 3.44. The Morgan fingerprint density at radius 2 is 1.93 bits per heavy atom. The number of nitrogens with one attached hydrogen (secondary N) is 2. The summed E-state index contributed by atoms with van der Waals surface area (Å²) < 4.78 is 0. The number of terminal acetylenes is 1. The van der Waals surface area contributed by atoms with Crippen molar-refractivity contribution in [1.29, 1.82) is 0 Å². The minimum Gasteiger partial charge on any atom is -0.354 e. The Kier molecular flexibility index (Phi) is 4.69. The molecule has 138 valence electrons. The second-order valence-electron chi connectivity index (χ2n) is 6.64. The predicted octanol–water partition coefficient (Wildman–Crippen LogP) is 4.46. The molecule has 1 aliphatic rings. The van der Waals surface area contributed by atoms with Gasteiger partial charge in [0.2, 0.25) is 5.91 Å². The summed E-state index contributed by atoms with van der Waals surface area (Å²) in [5.74, 6) is 3.39. The van der Waals surface area contributed by atoms with E-state index in [1.165, 1.54) is 5.56 Å². The molecule has 2 heterocycles. The van der Waals surface area contributed by atoms with Crippen molar-refractivity contribution < 1.29 is 4.79 Å². The highest BCUT2D eigenvalue weighted by Crippen LogP contribution is 2.37. The van der Waals surface area contributed by atoms with Gasteiger partial charge in [0.05, 0.1) is 11.4 Å². The van der Waals surface area contributed by atoms with E-state index in [2.05, 4.69) is 27.6 Å². The highest BCUT2D eigenvalue weighted by atomic mass is 16.2. The lowest BCUT2D eigenvalue weighted by molar-refractivity contribution is -0.116. The van der Waals surface area contributed by atoms with E-state index >= 15 is 0 Å². The van der Waals surface area contributed by atoms with Crippen LogP contribution in [0.2, 0.25) is 0 Å². The Hall–Kier alpha value is -3.78. The molecule has 0 saturated carbocycles. The first-order valence-corrected chi connectivity index (χ1v) is 9.11. The molecular formula is C23H20N4O. The van der Waals surface area contributed by atoms with E-state index in [0.29, 0.717) is 5.82 Å². The van der Waals surface area contributed by atoms with Crippen molar-refractivity contribution in [3.05, 3.63) is 71.9 Å². The molecule has 3 aromatic rings. The average Bonchev–Trinajstić information content (AvgIpc) is 3.14. The number of hydrogen-bond acceptors (Lipinski definition) is 4. The summed E-state index contributed by atoms with van der Waals surface area (Å²) >= 11 is 0. The van der Waals surface area contributed by atoms with Gasteiger partial charge in [0.15, 0.2) is 0 Å². The van der Waals surface area contributed by atoms with Crippen molar-refractivity contribution in [1.82, 2.24) is 4.98 Å². The minimum atomic E-state index is 0.0541. The number of anilines is 5. The topological polar surface area (TPSA) is 57.3 Å². The monoisotopic (exact) mass is 368 g/mol. The number of nitrogens with zero attached hydrogens (tertiary/aromatic N) is 2. The van der Waals surface area contributed by atoms with Crippen molar-refractivity contribution in [3.8, 4) is 12.3 Å². The first-order chi connectivity index (χ1) is 13.6. The van der Waals surface area contributed by atoms with Crippen LogP contribution in [0.3, 0.4) is 0 Å². The van der Waals surface area contributed by atoms with Crippen LogP contribution in [-0.2, 0) is 11.2 Å². The number of benzene rings is 2. The summed E-state index contributed by atoms with van der Waals surface area (Å²) in [6.07, 6.45) is 8.08. The van der Waals surface area contributed by atoms with Gasteiger partial charge < -0.3 is 15.5 Å². The van der Waals surface area contributed by atoms with Gasteiger partial charge in [-0.05, 0) is 42.3 Å². The Balaban J connectivity index is 1.59. The van der Waals surface area contributed by atoms with E-state index < -0.39 is 0 Å². The lowest BCUT2D eigenvalue weighted by Crippen LogP contribution is -2.26. The smallest absolute Gasteiger partial charge is 0.223 e. The lowest BCUT2D eigenvalue weighted by Gasteiger charge is -2.19. The van der Waals surface area contributed by atoms with Gasteiger partial charge in [-0.1, -0.05) is 24.1 Å². The van der Waals surface area contributed by atoms with Crippen LogP contribution in [0.1, 0.15) is 18.1 Å². The maximum Gasteiger partial charge on any atom is 0.223 e. The molecule has 5 heteroatoms. The first kappa shape index (κ1) is 17.6. The molecule has 2 aromatic carbocycles. The maximum absolute atomic E-state index is 12.0. The predicted molar refractivity (Wildman–Crippen MR) is 113 cm³/mol. The van der Waals surface area contributed by atoms with Crippen molar-refractivity contribution >= 4 is 34.5 Å². The van der Waals surface area contributed by atoms with E-state index in [1.54, 1.807) is 13.1 Å². The number of aromatic nitrogens is 1. The molecule has 0 spiro atoms. The van der Waals surface area contributed by atoms with E-state index in [1.807, 2.05) is 53.4 Å². The Morgan fingerprint density at radius 1 is 1.11 bits per heavy atom. The number of carbonyl (C=O) groups is 1. The van der Waals surface area contributed by atoms with Crippen molar-refractivity contribution in [3.63, 3.8) is 0 Å². The lowest BCUT2D eigenvalue weighted by atomic mass is 10.1. The van der Waals surface area contributed by atoms with Crippen LogP contribution in [0.5, 0.6) is 0 Å². The Labute approximate surface area is 164 Å². The third-order valence-electron chi connectivity index (χ3n) is 4.71. The van der Waals surface area contributed by atoms with Crippen molar-refractivity contribution in [2.24, 2.45) is 0 Å². The van der Waals surface area contributed by atoms with Crippen LogP contribution in [-0.4, -0.2) is 17.4 Å². The zero-order valence-electron chi connectivity index (χ0n) is 15.6. The number of pyridine rings is 1. The van der Waals surface area contributed by atoms with Gasteiger partial charge in [0.25, 0.3) is 0 Å². The van der Waals surface area contributed by atoms with Gasteiger partial charge in [0, 0.05) is 42.7 Å². The number of amides is 1. The molecule has 2 N–H and O–H groups in total. The molecule has 0 atom stereocenters. The van der Waals surface area contributed by atoms with Crippen LogP contribution in [0.4, 0.5) is 28.6 Å². The molecule has 0 radical (unpaired) electrons. The second kappa shape index (κ2) is 7.45. The van der Waals surface area contributed by atoms with E-state index in [9.17, 15) is 4.79 Å². The van der Waals surface area contributed by atoms with E-state index in [4.69, 9.17) is 6.42 Å². The maximum atomic E-state index is 12.0. The molecule has 0 unspecified atom stereocenters. The molecule has 28 heavy (non-hydrogen) atoms. The molecular weight excluding hydrogens is 348 g/mol. The number of carbonyl (C=O) groups excluding carboxylic acids is 1. The Bertz CT molecular complexity index is 1080. The third kappa shape index (κ3) is 3.53. The average molecular weight is 368 g/mol. The quantitative estimate of drug-likeness (QED) is 0.668. The van der Waals surface area contributed by atoms with Crippen LogP contribution >= 0.6 is 0 Å². The molecule has 1 amide bonds. The fraction of sp³-hybridized carbons (Fsp3) is 0.130. The summed E-state index contributed by atoms with van der Waals surface area (Å²) in [7, 11) is 0. The summed E-state index contributed by atoms with van der Waals surface area (Å²) in [5, 5.41) is 6.70. The second-order valence-corrected chi connectivity index (χ2v) is 6.64. The van der Waals surface area contributed by atoms with Crippen LogP contribution in [0.15, 0.2) is 60.8 Å². The van der Waals surface area contributed by atoms with Gasteiger partial charge in [-0.15, -0.1) is 6.42 Å². The van der Waals surface area contributed by atoms with E-state index in [-0.39, 0.29) is 5.91 Å². The molecule has 0 saturated heterocycles. The SMILES string of the molecule is C#Cc1cccc(Nc2cc(Nc3cccc4c3N(C(C)=O)CC4)ccn2)c1. The molecule has 0 aliphatic carbocycles. The summed E-state index contributed by atoms with van der Waals surface area (Å²) in [4.78, 5) is 18.2. The Morgan fingerprint density at radius 3 is 2.75 bits per heavy atom. The molecule has 0 bridgehead atoms. The molecule has 0 fully saturated rings. The summed E-state index contributed by atoms with van der Waals surface area (Å²) in [6.45, 7) is 2.32. The molecule has 1 aromatic heterocycles. The van der Waals surface area contributed by atoms with Gasteiger partial charge >= 0.3 is 0 Å². The molecule has 1 aliphatic heterocycles. The number of hydrogen-bond donors (Lipinski definition) is 2. The summed E-state index contributed by atoms with van der Waals surface area (Å²) in [6, 6.07) is 17.5. The largest absolute Gasteiger partial charge is 0.354 e. The highest BCUT2D eigenvalue weighted by Gasteiger charge is 2.25. The standard InChI is InChI=1S/C23H20N4O/c1-3-17-6-4-8-19(14-17)26-22-15-20(10-12-24-22)25-21-9-5-7-18-11-13-27(16(2)28)23(18)21/h1,4-10,12,14-15H,11,13H2,2H3,(H2,24,25,26). The van der Waals surface area contributed by atoms with Gasteiger partial charge in [0.1, 0.15) is 5.82 Å². The number of rotatable bonds is 4. The molecule has 5 nitrogen and oxygen atoms in total. The third-order valence-corrected chi connectivity index (χ3v) is 4.71. The van der Waals surface area contributed by atoms with Crippen LogP contribution in [0.25, 0.3) is 0 Å². The van der Waals surface area contributed by atoms with Gasteiger partial charge in [-0.2, -0.15) is 0 Å². The van der Waals surface area contributed by atoms with Crippen LogP contribution < -0.4 is 15.5 Å². The minimum absolute atomic E-state index is 0.0541. The molecule has 4 rings (SSSR count). The zero-order chi connectivity index (χ0) is 19.5. The highest BCUT2D eigenvalue weighted by molar-refractivity contribution is 5.98. The fourth-order valence-corrected chi connectivity index (χ4v) is 3.44. The van der Waals surface area contributed by atoms with E-state index in [0.717, 1.165) is 41.3 Å². The number of fused-ring (bicyclic) bond motifs is 1. The first-order valence-electron chi connectivity index (χ1n) is 9.11. The van der Waals surface area contributed by atoms with Crippen LogP contribution in [0, 0.1) is 12.3 Å². The van der Waals surface area contributed by atoms with Gasteiger partial charge in [-0.3, -0.25) is 4.79 Å². The van der Waals surface area contributed by atoms with Crippen molar-refractivity contribution in [2.75, 3.05) is 22.1 Å². The number of para-hydroxylation sites is 1. The van der Waals surface area contributed by atoms with Crippen molar-refractivity contribution in [2.45, 2.75) is 13.3 Å².